The highest BCUT2D eigenvalue weighted by atomic mass is 32.1. The number of aryl methyl sites for hydroxylation is 1. The zero-order valence-electron chi connectivity index (χ0n) is 5.80. The van der Waals surface area contributed by atoms with Crippen LogP contribution in [0.5, 0.6) is 0 Å². The molecule has 1 heterocycles. The fraction of sp³-hybridized carbons (Fsp3) is 0.286. The molecule has 3 heteroatoms. The minimum absolute atomic E-state index is 0.282. The van der Waals surface area contributed by atoms with Crippen molar-refractivity contribution in [2.75, 3.05) is 7.11 Å². The second-order valence-electron chi connectivity index (χ2n) is 1.87. The van der Waals surface area contributed by atoms with E-state index in [1.54, 1.807) is 5.38 Å². The summed E-state index contributed by atoms with van der Waals surface area (Å²) in [5.74, 6) is -0.282. The Bertz CT molecular complexity index is 240. The van der Waals surface area contributed by atoms with Gasteiger partial charge in [0.1, 0.15) is 0 Å². The van der Waals surface area contributed by atoms with Crippen molar-refractivity contribution in [3.8, 4) is 0 Å². The summed E-state index contributed by atoms with van der Waals surface area (Å²) in [6, 6.07) is 0. The van der Waals surface area contributed by atoms with Crippen molar-refractivity contribution in [3.05, 3.63) is 21.9 Å². The van der Waals surface area contributed by atoms with Gasteiger partial charge in [-0.3, -0.25) is 0 Å². The summed E-state index contributed by atoms with van der Waals surface area (Å²) >= 11 is 1.38. The average Bonchev–Trinajstić information content (AvgIpc) is 2.34. The Kier molecular flexibility index (Phi) is 2.06. The molecule has 10 heavy (non-hydrogen) atoms. The summed E-state index contributed by atoms with van der Waals surface area (Å²) in [6.07, 6.45) is 0. The number of rotatable bonds is 1. The standard InChI is InChI=1S/C7H7O2S/c1-5-3-10-4-6(5)7(8)9-2/h4H,1-2H3. The maximum atomic E-state index is 10.9. The SMILES string of the molecule is COC(=O)c1cs[c]c1C. The number of hydrogen-bond donors (Lipinski definition) is 0. The van der Waals surface area contributed by atoms with Gasteiger partial charge in [-0.15, -0.1) is 11.3 Å². The van der Waals surface area contributed by atoms with E-state index in [0.29, 0.717) is 5.56 Å². The minimum atomic E-state index is -0.282. The molecular weight excluding hydrogens is 148 g/mol. The van der Waals surface area contributed by atoms with Crippen LogP contribution in [0.25, 0.3) is 0 Å². The molecule has 2 nitrogen and oxygen atoms in total. The number of hydrogen-bond acceptors (Lipinski definition) is 3. The third-order valence-electron chi connectivity index (χ3n) is 1.20. The Balaban J connectivity index is 2.93. The van der Waals surface area contributed by atoms with E-state index >= 15 is 0 Å². The van der Waals surface area contributed by atoms with Crippen LogP contribution in [-0.2, 0) is 4.74 Å². The van der Waals surface area contributed by atoms with Gasteiger partial charge in [0.2, 0.25) is 0 Å². The van der Waals surface area contributed by atoms with Crippen molar-refractivity contribution >= 4 is 17.3 Å². The first-order valence-corrected chi connectivity index (χ1v) is 3.67. The summed E-state index contributed by atoms with van der Waals surface area (Å²) in [6.45, 7) is 1.84. The van der Waals surface area contributed by atoms with Crippen molar-refractivity contribution in [2.24, 2.45) is 0 Å². The number of thiophene rings is 1. The molecule has 0 aromatic carbocycles. The number of esters is 1. The van der Waals surface area contributed by atoms with Crippen molar-refractivity contribution in [1.82, 2.24) is 0 Å². The van der Waals surface area contributed by atoms with E-state index in [4.69, 9.17) is 0 Å². The lowest BCUT2D eigenvalue weighted by Gasteiger charge is -1.94. The highest BCUT2D eigenvalue weighted by Gasteiger charge is 2.08. The van der Waals surface area contributed by atoms with Crippen molar-refractivity contribution in [2.45, 2.75) is 6.92 Å². The van der Waals surface area contributed by atoms with Crippen LogP contribution in [0.3, 0.4) is 0 Å². The Labute approximate surface area is 63.4 Å². The predicted octanol–water partition coefficient (Wildman–Crippen LogP) is 1.64. The number of ether oxygens (including phenoxy) is 1. The molecule has 1 aromatic rings. The second-order valence-corrected chi connectivity index (χ2v) is 2.54. The number of carbonyl (C=O) groups excluding carboxylic acids is 1. The van der Waals surface area contributed by atoms with E-state index in [1.165, 1.54) is 18.4 Å². The van der Waals surface area contributed by atoms with Gasteiger partial charge in [0.25, 0.3) is 0 Å². The molecule has 0 amide bonds. The van der Waals surface area contributed by atoms with Gasteiger partial charge in [-0.05, 0) is 12.5 Å². The first-order chi connectivity index (χ1) is 4.75. The van der Waals surface area contributed by atoms with E-state index in [2.05, 4.69) is 10.1 Å². The van der Waals surface area contributed by atoms with Crippen molar-refractivity contribution < 1.29 is 9.53 Å². The van der Waals surface area contributed by atoms with Crippen LogP contribution in [0.4, 0.5) is 0 Å². The lowest BCUT2D eigenvalue weighted by atomic mass is 10.2. The molecule has 0 unspecified atom stereocenters. The van der Waals surface area contributed by atoms with E-state index in [1.807, 2.05) is 6.92 Å². The van der Waals surface area contributed by atoms with E-state index in [-0.39, 0.29) is 5.97 Å². The third-order valence-corrected chi connectivity index (χ3v) is 1.98. The van der Waals surface area contributed by atoms with Gasteiger partial charge in [0.05, 0.1) is 12.7 Å². The summed E-state index contributed by atoms with van der Waals surface area (Å²) in [5, 5.41) is 4.66. The summed E-state index contributed by atoms with van der Waals surface area (Å²) in [5.41, 5.74) is 1.48. The smallest absolute Gasteiger partial charge is 0.338 e. The second kappa shape index (κ2) is 2.84. The fourth-order valence-corrected chi connectivity index (χ4v) is 1.37. The molecule has 0 saturated heterocycles. The zero-order valence-corrected chi connectivity index (χ0v) is 6.62. The average molecular weight is 155 g/mol. The first-order valence-electron chi connectivity index (χ1n) is 2.79. The Morgan fingerprint density at radius 2 is 2.50 bits per heavy atom. The van der Waals surface area contributed by atoms with E-state index in [0.717, 1.165) is 5.56 Å². The summed E-state index contributed by atoms with van der Waals surface area (Å²) < 4.78 is 4.52. The molecule has 1 aromatic heterocycles. The molecule has 0 aliphatic heterocycles. The lowest BCUT2D eigenvalue weighted by Crippen LogP contribution is -2.00. The first kappa shape index (κ1) is 7.28. The van der Waals surface area contributed by atoms with Gasteiger partial charge in [-0.25, -0.2) is 4.79 Å². The minimum Gasteiger partial charge on any atom is -0.465 e. The molecule has 0 atom stereocenters. The Morgan fingerprint density at radius 3 is 2.90 bits per heavy atom. The van der Waals surface area contributed by atoms with Crippen LogP contribution in [0, 0.1) is 12.3 Å². The van der Waals surface area contributed by atoms with Crippen molar-refractivity contribution in [1.29, 1.82) is 0 Å². The molecule has 0 saturated carbocycles. The van der Waals surface area contributed by atoms with Crippen LogP contribution >= 0.6 is 11.3 Å². The quantitative estimate of drug-likeness (QED) is 0.576. The van der Waals surface area contributed by atoms with Gasteiger partial charge < -0.3 is 4.74 Å². The Hall–Kier alpha value is -0.830. The summed E-state index contributed by atoms with van der Waals surface area (Å²) in [7, 11) is 1.37. The largest absolute Gasteiger partial charge is 0.465 e. The molecule has 0 spiro atoms. The van der Waals surface area contributed by atoms with Gasteiger partial charge >= 0.3 is 5.97 Å². The fourth-order valence-electron chi connectivity index (χ4n) is 0.631. The maximum absolute atomic E-state index is 10.9. The predicted molar refractivity (Wildman–Crippen MR) is 39.2 cm³/mol. The lowest BCUT2D eigenvalue weighted by molar-refractivity contribution is 0.0600. The molecule has 53 valence electrons. The normalized spacial score (nSPS) is 9.40. The molecular formula is C7H7O2S. The molecule has 0 fully saturated rings. The number of carbonyl (C=O) groups is 1. The van der Waals surface area contributed by atoms with Gasteiger partial charge in [-0.2, -0.15) is 0 Å². The number of methoxy groups -OCH3 is 1. The van der Waals surface area contributed by atoms with Crippen LogP contribution in [0.2, 0.25) is 0 Å². The highest BCUT2D eigenvalue weighted by Crippen LogP contribution is 2.12. The Morgan fingerprint density at radius 1 is 1.80 bits per heavy atom. The van der Waals surface area contributed by atoms with Gasteiger partial charge in [0, 0.05) is 10.8 Å². The maximum Gasteiger partial charge on any atom is 0.338 e. The molecule has 1 rings (SSSR count). The van der Waals surface area contributed by atoms with Crippen LogP contribution in [0.15, 0.2) is 5.38 Å². The monoisotopic (exact) mass is 155 g/mol. The molecule has 0 aliphatic carbocycles. The summed E-state index contributed by atoms with van der Waals surface area (Å²) in [4.78, 5) is 10.9. The molecule has 1 radical (unpaired) electrons. The van der Waals surface area contributed by atoms with Crippen LogP contribution in [-0.4, -0.2) is 13.1 Å². The highest BCUT2D eigenvalue weighted by molar-refractivity contribution is 7.07. The molecule has 0 N–H and O–H groups in total. The third kappa shape index (κ3) is 1.19. The van der Waals surface area contributed by atoms with Gasteiger partial charge in [-0.1, -0.05) is 0 Å². The molecule has 0 bridgehead atoms. The van der Waals surface area contributed by atoms with Crippen LogP contribution in [0.1, 0.15) is 15.9 Å². The van der Waals surface area contributed by atoms with E-state index in [9.17, 15) is 4.79 Å². The van der Waals surface area contributed by atoms with E-state index < -0.39 is 0 Å². The topological polar surface area (TPSA) is 26.3 Å². The van der Waals surface area contributed by atoms with Gasteiger partial charge in [0.15, 0.2) is 0 Å². The van der Waals surface area contributed by atoms with Crippen molar-refractivity contribution in [3.63, 3.8) is 0 Å². The zero-order chi connectivity index (χ0) is 7.56. The molecule has 0 aliphatic rings. The van der Waals surface area contributed by atoms with Crippen LogP contribution < -0.4 is 0 Å².